The summed E-state index contributed by atoms with van der Waals surface area (Å²) in [6.45, 7) is 1.83. The fourth-order valence-electron chi connectivity index (χ4n) is 8.04. The monoisotopic (exact) mass is 521 g/mol. The number of amides is 2. The first-order chi connectivity index (χ1) is 18.3. The molecule has 0 aromatic heterocycles. The summed E-state index contributed by atoms with van der Waals surface area (Å²) in [5, 5.41) is 16.9. The molecule has 3 N–H and O–H groups in total. The maximum Gasteiger partial charge on any atom is 0.307 e. The molecule has 0 saturated heterocycles. The SMILES string of the molecule is CC(=NNC(=O)CC12CC3CC(CC(C3)C1)C2)c1cc2c(cc1NC(=O)C1CC=CCC1C(=O)O)OCO2. The number of allylic oxidation sites excluding steroid dienone is 2. The lowest BCUT2D eigenvalue weighted by molar-refractivity contribution is -0.146. The van der Waals surface area contributed by atoms with Crippen molar-refractivity contribution in [1.82, 2.24) is 5.43 Å². The van der Waals surface area contributed by atoms with E-state index in [0.717, 1.165) is 37.0 Å². The molecule has 2 amide bonds. The zero-order valence-corrected chi connectivity index (χ0v) is 21.7. The number of anilines is 1. The van der Waals surface area contributed by atoms with Crippen LogP contribution in [0, 0.1) is 35.0 Å². The second-order valence-corrected chi connectivity index (χ2v) is 12.1. The highest BCUT2D eigenvalue weighted by molar-refractivity contribution is 6.08. The van der Waals surface area contributed by atoms with E-state index in [1.165, 1.54) is 19.3 Å². The average molecular weight is 522 g/mol. The summed E-state index contributed by atoms with van der Waals surface area (Å²) >= 11 is 0. The van der Waals surface area contributed by atoms with Crippen molar-refractivity contribution in [3.63, 3.8) is 0 Å². The van der Waals surface area contributed by atoms with Crippen LogP contribution < -0.4 is 20.2 Å². The Bertz CT molecular complexity index is 1190. The largest absolute Gasteiger partial charge is 0.481 e. The first-order valence-electron chi connectivity index (χ1n) is 13.7. The molecular weight excluding hydrogens is 486 g/mol. The Hall–Kier alpha value is -3.36. The van der Waals surface area contributed by atoms with Crippen molar-refractivity contribution in [3.8, 4) is 11.5 Å². The minimum Gasteiger partial charge on any atom is -0.481 e. The quantitative estimate of drug-likeness (QED) is 0.276. The highest BCUT2D eigenvalue weighted by Gasteiger charge is 2.51. The third-order valence-corrected chi connectivity index (χ3v) is 9.30. The Morgan fingerprint density at radius 2 is 1.58 bits per heavy atom. The lowest BCUT2D eigenvalue weighted by Crippen LogP contribution is -2.47. The fourth-order valence-corrected chi connectivity index (χ4v) is 8.04. The number of nitrogens with one attached hydrogen (secondary N) is 2. The number of carbonyl (C=O) groups is 3. The molecule has 1 aromatic rings. The zero-order chi connectivity index (χ0) is 26.4. The lowest BCUT2D eigenvalue weighted by atomic mass is 9.49. The summed E-state index contributed by atoms with van der Waals surface area (Å²) in [6.07, 6.45) is 12.3. The van der Waals surface area contributed by atoms with Gasteiger partial charge in [-0.05, 0) is 87.5 Å². The molecule has 4 saturated carbocycles. The second kappa shape index (κ2) is 9.75. The molecule has 1 heterocycles. The van der Waals surface area contributed by atoms with Gasteiger partial charge in [0.05, 0.1) is 23.2 Å². The molecule has 0 radical (unpaired) electrons. The van der Waals surface area contributed by atoms with Crippen molar-refractivity contribution in [3.05, 3.63) is 29.8 Å². The van der Waals surface area contributed by atoms with Crippen LogP contribution in [0.5, 0.6) is 11.5 Å². The first-order valence-corrected chi connectivity index (χ1v) is 13.7. The highest BCUT2D eigenvalue weighted by Crippen LogP contribution is 2.61. The average Bonchev–Trinajstić information content (AvgIpc) is 3.33. The number of hydrazone groups is 1. The summed E-state index contributed by atoms with van der Waals surface area (Å²) in [6, 6.07) is 3.40. The molecule has 4 fully saturated rings. The van der Waals surface area contributed by atoms with Gasteiger partial charge in [0.1, 0.15) is 0 Å². The van der Waals surface area contributed by atoms with E-state index in [1.807, 2.05) is 6.08 Å². The summed E-state index contributed by atoms with van der Waals surface area (Å²) in [7, 11) is 0. The van der Waals surface area contributed by atoms with Crippen molar-refractivity contribution in [2.24, 2.45) is 40.1 Å². The zero-order valence-electron chi connectivity index (χ0n) is 21.7. The molecule has 2 unspecified atom stereocenters. The Balaban J connectivity index is 1.18. The third-order valence-electron chi connectivity index (χ3n) is 9.30. The molecule has 5 aliphatic carbocycles. The number of hydrogen-bond donors (Lipinski definition) is 3. The summed E-state index contributed by atoms with van der Waals surface area (Å²) in [4.78, 5) is 37.9. The van der Waals surface area contributed by atoms with Crippen LogP contribution in [-0.4, -0.2) is 35.4 Å². The topological polar surface area (TPSA) is 126 Å². The van der Waals surface area contributed by atoms with Crippen LogP contribution in [0.3, 0.4) is 0 Å². The Morgan fingerprint density at radius 1 is 0.974 bits per heavy atom. The predicted molar refractivity (Wildman–Crippen MR) is 140 cm³/mol. The van der Waals surface area contributed by atoms with E-state index in [2.05, 4.69) is 15.8 Å². The maximum absolute atomic E-state index is 13.2. The first kappa shape index (κ1) is 24.9. The molecule has 2 atom stereocenters. The van der Waals surface area contributed by atoms with Gasteiger partial charge in [0.2, 0.25) is 18.6 Å². The Morgan fingerprint density at radius 3 is 2.21 bits per heavy atom. The minimum atomic E-state index is -0.986. The van der Waals surface area contributed by atoms with Crippen LogP contribution in [0.4, 0.5) is 5.69 Å². The fraction of sp³-hybridized carbons (Fsp3) is 0.586. The summed E-state index contributed by atoms with van der Waals surface area (Å²) in [5.41, 5.74) is 4.42. The molecular formula is C29H35N3O6. The number of ether oxygens (including phenoxy) is 2. The van der Waals surface area contributed by atoms with Gasteiger partial charge in [-0.15, -0.1) is 0 Å². The number of carboxylic acids is 1. The van der Waals surface area contributed by atoms with Gasteiger partial charge in [-0.3, -0.25) is 14.4 Å². The summed E-state index contributed by atoms with van der Waals surface area (Å²) < 4.78 is 11.0. The van der Waals surface area contributed by atoms with E-state index in [4.69, 9.17) is 9.47 Å². The van der Waals surface area contributed by atoms with Crippen LogP contribution in [0.15, 0.2) is 29.4 Å². The smallest absolute Gasteiger partial charge is 0.307 e. The number of rotatable bonds is 7. The lowest BCUT2D eigenvalue weighted by Gasteiger charge is -2.56. The number of hydrogen-bond acceptors (Lipinski definition) is 6. The van der Waals surface area contributed by atoms with Gasteiger partial charge in [-0.2, -0.15) is 5.10 Å². The number of carboxylic acid groups (broad SMARTS) is 1. The van der Waals surface area contributed by atoms with Gasteiger partial charge in [-0.1, -0.05) is 12.2 Å². The molecule has 0 spiro atoms. The van der Waals surface area contributed by atoms with Crippen LogP contribution in [0.1, 0.15) is 70.3 Å². The van der Waals surface area contributed by atoms with E-state index in [-0.39, 0.29) is 24.0 Å². The van der Waals surface area contributed by atoms with E-state index in [1.54, 1.807) is 25.1 Å². The van der Waals surface area contributed by atoms with E-state index >= 15 is 0 Å². The predicted octanol–water partition coefficient (Wildman–Crippen LogP) is 4.47. The Labute approximate surface area is 222 Å². The van der Waals surface area contributed by atoms with Crippen molar-refractivity contribution < 1.29 is 29.0 Å². The maximum atomic E-state index is 13.2. The highest BCUT2D eigenvalue weighted by atomic mass is 16.7. The van der Waals surface area contributed by atoms with Crippen molar-refractivity contribution >= 4 is 29.2 Å². The molecule has 9 nitrogen and oxygen atoms in total. The van der Waals surface area contributed by atoms with Crippen LogP contribution in [0.2, 0.25) is 0 Å². The van der Waals surface area contributed by atoms with Crippen LogP contribution >= 0.6 is 0 Å². The second-order valence-electron chi connectivity index (χ2n) is 12.1. The Kier molecular flexibility index (Phi) is 6.40. The van der Waals surface area contributed by atoms with Crippen molar-refractivity contribution in [2.75, 3.05) is 12.1 Å². The van der Waals surface area contributed by atoms with Gasteiger partial charge >= 0.3 is 5.97 Å². The number of aliphatic carboxylic acids is 1. The number of nitrogens with zero attached hydrogens (tertiary/aromatic N) is 1. The molecule has 7 rings (SSSR count). The number of benzene rings is 1. The third kappa shape index (κ3) is 4.78. The van der Waals surface area contributed by atoms with E-state index in [0.29, 0.717) is 47.7 Å². The van der Waals surface area contributed by atoms with Crippen LogP contribution in [-0.2, 0) is 14.4 Å². The molecule has 202 valence electrons. The van der Waals surface area contributed by atoms with E-state index < -0.39 is 17.8 Å². The molecule has 38 heavy (non-hydrogen) atoms. The molecule has 4 bridgehead atoms. The van der Waals surface area contributed by atoms with Crippen molar-refractivity contribution in [2.45, 2.75) is 64.7 Å². The normalized spacial score (nSPS) is 32.8. The number of carbonyl (C=O) groups excluding carboxylic acids is 2. The van der Waals surface area contributed by atoms with Crippen LogP contribution in [0.25, 0.3) is 0 Å². The standard InChI is InChI=1S/C29H35N3O6/c1-16(31-32-26(33)14-29-11-17-6-18(12-29)8-19(7-17)13-29)22-9-24-25(38-15-37-24)10-23(22)30-27(34)20-4-2-3-5-21(20)28(35)36/h2-3,9-10,17-21H,4-8,11-15H2,1H3,(H,30,34)(H,32,33)(H,35,36). The van der Waals surface area contributed by atoms with Crippen molar-refractivity contribution in [1.29, 1.82) is 0 Å². The number of fused-ring (bicyclic) bond motifs is 1. The molecule has 9 heteroatoms. The van der Waals surface area contributed by atoms with Gasteiger partial charge in [0, 0.05) is 18.1 Å². The minimum absolute atomic E-state index is 0.0681. The molecule has 6 aliphatic rings. The van der Waals surface area contributed by atoms with Gasteiger partial charge in [0.15, 0.2) is 11.5 Å². The van der Waals surface area contributed by atoms with E-state index in [9.17, 15) is 19.5 Å². The van der Waals surface area contributed by atoms with Gasteiger partial charge in [-0.25, -0.2) is 5.43 Å². The molecule has 1 aromatic carbocycles. The van der Waals surface area contributed by atoms with Gasteiger partial charge < -0.3 is 19.9 Å². The van der Waals surface area contributed by atoms with Gasteiger partial charge in [0.25, 0.3) is 0 Å². The molecule has 1 aliphatic heterocycles. The summed E-state index contributed by atoms with van der Waals surface area (Å²) in [5.74, 6) is 0.441.